The van der Waals surface area contributed by atoms with Gasteiger partial charge in [-0.25, -0.2) is 4.99 Å². The molecule has 186 valence electrons. The second kappa shape index (κ2) is 10.5. The molecule has 4 nitrogen and oxygen atoms in total. The largest absolute Gasteiger partial charge is 0.493 e. The maximum Gasteiger partial charge on any atom is 0.211 e. The number of hydrogen-bond acceptors (Lipinski definition) is 4. The lowest BCUT2D eigenvalue weighted by Crippen LogP contribution is -2.15. The number of aliphatic imine (C=N–C) groups is 1. The van der Waals surface area contributed by atoms with Gasteiger partial charge in [-0.15, -0.1) is 0 Å². The molecule has 0 saturated carbocycles. The number of aromatic hydroxyl groups is 1. The Morgan fingerprint density at radius 1 is 0.842 bits per heavy atom. The van der Waals surface area contributed by atoms with E-state index in [0.29, 0.717) is 13.1 Å². The van der Waals surface area contributed by atoms with E-state index in [-0.39, 0.29) is 5.88 Å². The molecule has 1 N–H and O–H groups in total. The molecule has 0 spiro atoms. The van der Waals surface area contributed by atoms with Crippen LogP contribution in [0.1, 0.15) is 32.7 Å². The van der Waals surface area contributed by atoms with Crippen LogP contribution in [0.4, 0.5) is 5.69 Å². The molecule has 0 atom stereocenters. The van der Waals surface area contributed by atoms with Gasteiger partial charge in [0, 0.05) is 16.7 Å². The van der Waals surface area contributed by atoms with E-state index >= 15 is 0 Å². The molecule has 0 fully saturated rings. The Hall–Kier alpha value is -4.48. The molecule has 0 aliphatic carbocycles. The van der Waals surface area contributed by atoms with E-state index in [9.17, 15) is 5.11 Å². The zero-order chi connectivity index (χ0) is 25.9. The summed E-state index contributed by atoms with van der Waals surface area (Å²) in [5.74, 6) is 0.215. The molecule has 6 rings (SSSR count). The maximum atomic E-state index is 11.5. The summed E-state index contributed by atoms with van der Waals surface area (Å²) < 4.78 is 1.90. The van der Waals surface area contributed by atoms with Crippen LogP contribution in [-0.2, 0) is 13.1 Å². The number of aromatic nitrogens is 1. The van der Waals surface area contributed by atoms with Crippen LogP contribution in [0.3, 0.4) is 0 Å². The Morgan fingerprint density at radius 3 is 2.21 bits per heavy atom. The molecule has 1 aliphatic heterocycles. The maximum absolute atomic E-state index is 11.5. The van der Waals surface area contributed by atoms with Crippen molar-refractivity contribution in [2.24, 2.45) is 9.98 Å². The number of nitrogens with zero attached hydrogens (tertiary/aromatic N) is 3. The van der Waals surface area contributed by atoms with Gasteiger partial charge >= 0.3 is 0 Å². The first-order valence-corrected chi connectivity index (χ1v) is 13.5. The average molecular weight is 514 g/mol. The van der Waals surface area contributed by atoms with Crippen molar-refractivity contribution in [3.05, 3.63) is 147 Å². The number of allylic oxidation sites excluding steroid dienone is 1. The molecule has 0 unspecified atom stereocenters. The van der Waals surface area contributed by atoms with Gasteiger partial charge in [-0.1, -0.05) is 114 Å². The van der Waals surface area contributed by atoms with Crippen molar-refractivity contribution in [2.75, 3.05) is 0 Å². The van der Waals surface area contributed by atoms with Gasteiger partial charge in [0.2, 0.25) is 5.88 Å². The number of hydrogen-bond donors (Lipinski definition) is 1. The highest BCUT2D eigenvalue weighted by atomic mass is 32.1. The van der Waals surface area contributed by atoms with Gasteiger partial charge in [0.05, 0.1) is 29.4 Å². The van der Waals surface area contributed by atoms with E-state index < -0.39 is 0 Å². The fourth-order valence-electron chi connectivity index (χ4n) is 4.65. The molecule has 1 aromatic heterocycles. The SMILES string of the molecule is Cc1ccc2c(c1)C(=Cc1sc(=NCc3ccccc3)n(Cc3ccccc3)c1O)C(c1ccccc1)=N2. The summed E-state index contributed by atoms with van der Waals surface area (Å²) in [4.78, 5) is 11.5. The van der Waals surface area contributed by atoms with E-state index in [4.69, 9.17) is 9.98 Å². The summed E-state index contributed by atoms with van der Waals surface area (Å²) in [6.45, 7) is 3.18. The molecular weight excluding hydrogens is 486 g/mol. The van der Waals surface area contributed by atoms with Crippen LogP contribution in [0.15, 0.2) is 119 Å². The molecule has 1 aliphatic rings. The zero-order valence-corrected chi connectivity index (χ0v) is 21.9. The Balaban J connectivity index is 1.49. The fourth-order valence-corrected chi connectivity index (χ4v) is 5.62. The van der Waals surface area contributed by atoms with Crippen LogP contribution in [0.5, 0.6) is 5.88 Å². The second-order valence-electron chi connectivity index (χ2n) is 9.35. The predicted octanol–water partition coefficient (Wildman–Crippen LogP) is 7.39. The molecule has 0 saturated heterocycles. The van der Waals surface area contributed by atoms with Crippen molar-refractivity contribution in [3.8, 4) is 5.88 Å². The molecule has 5 aromatic rings. The van der Waals surface area contributed by atoms with Crippen molar-refractivity contribution < 1.29 is 5.11 Å². The summed E-state index contributed by atoms with van der Waals surface area (Å²) >= 11 is 1.50. The number of rotatable bonds is 6. The summed E-state index contributed by atoms with van der Waals surface area (Å²) in [5, 5.41) is 11.5. The highest BCUT2D eigenvalue weighted by molar-refractivity contribution is 7.10. The molecule has 0 amide bonds. The van der Waals surface area contributed by atoms with Gasteiger partial charge in [-0.05, 0) is 36.3 Å². The first-order valence-electron chi connectivity index (χ1n) is 12.6. The normalized spacial score (nSPS) is 14.1. The van der Waals surface area contributed by atoms with Crippen LogP contribution < -0.4 is 4.80 Å². The Morgan fingerprint density at radius 2 is 1.50 bits per heavy atom. The van der Waals surface area contributed by atoms with Crippen molar-refractivity contribution in [1.82, 2.24) is 4.57 Å². The lowest BCUT2D eigenvalue weighted by molar-refractivity contribution is 0.419. The first-order chi connectivity index (χ1) is 18.7. The highest BCUT2D eigenvalue weighted by Crippen LogP contribution is 2.40. The number of fused-ring (bicyclic) bond motifs is 1. The summed E-state index contributed by atoms with van der Waals surface area (Å²) in [5.41, 5.74) is 8.41. The third kappa shape index (κ3) is 4.89. The minimum absolute atomic E-state index is 0.215. The zero-order valence-electron chi connectivity index (χ0n) is 21.1. The van der Waals surface area contributed by atoms with E-state index in [1.54, 1.807) is 0 Å². The summed E-state index contributed by atoms with van der Waals surface area (Å²) in [6.07, 6.45) is 2.07. The van der Waals surface area contributed by atoms with Crippen molar-refractivity contribution >= 4 is 34.4 Å². The molecule has 38 heavy (non-hydrogen) atoms. The Kier molecular flexibility index (Phi) is 6.59. The van der Waals surface area contributed by atoms with Crippen molar-refractivity contribution in [2.45, 2.75) is 20.0 Å². The van der Waals surface area contributed by atoms with Gasteiger partial charge in [0.1, 0.15) is 0 Å². The third-order valence-corrected chi connectivity index (χ3v) is 7.64. The van der Waals surface area contributed by atoms with Gasteiger partial charge in [0.15, 0.2) is 4.80 Å². The first kappa shape index (κ1) is 23.9. The van der Waals surface area contributed by atoms with Gasteiger partial charge in [0.25, 0.3) is 0 Å². The van der Waals surface area contributed by atoms with E-state index in [2.05, 4.69) is 67.6 Å². The molecule has 0 bridgehead atoms. The highest BCUT2D eigenvalue weighted by Gasteiger charge is 2.24. The molecule has 0 radical (unpaired) electrons. The van der Waals surface area contributed by atoms with Crippen LogP contribution in [-0.4, -0.2) is 15.4 Å². The second-order valence-corrected chi connectivity index (χ2v) is 10.4. The monoisotopic (exact) mass is 513 g/mol. The Bertz CT molecular complexity index is 1710. The van der Waals surface area contributed by atoms with Gasteiger partial charge in [-0.3, -0.25) is 9.56 Å². The van der Waals surface area contributed by atoms with Crippen LogP contribution in [0, 0.1) is 6.92 Å². The minimum atomic E-state index is 0.215. The number of aryl methyl sites for hydroxylation is 1. The topological polar surface area (TPSA) is 49.9 Å². The number of thiazole rings is 1. The lowest BCUT2D eigenvalue weighted by Gasteiger charge is -2.07. The predicted molar refractivity (Wildman–Crippen MR) is 157 cm³/mol. The van der Waals surface area contributed by atoms with E-state index in [0.717, 1.165) is 48.9 Å². The molecule has 4 aromatic carbocycles. The molecular formula is C33H27N3OS. The van der Waals surface area contributed by atoms with E-state index in [1.807, 2.05) is 59.2 Å². The summed E-state index contributed by atoms with van der Waals surface area (Å²) in [7, 11) is 0. The van der Waals surface area contributed by atoms with Crippen molar-refractivity contribution in [3.63, 3.8) is 0 Å². The van der Waals surface area contributed by atoms with E-state index in [1.165, 1.54) is 16.9 Å². The lowest BCUT2D eigenvalue weighted by atomic mass is 9.96. The minimum Gasteiger partial charge on any atom is -0.493 e. The molecule has 5 heteroatoms. The summed E-state index contributed by atoms with van der Waals surface area (Å²) in [6, 6.07) is 36.9. The van der Waals surface area contributed by atoms with Crippen LogP contribution in [0.25, 0.3) is 11.6 Å². The number of benzene rings is 4. The third-order valence-electron chi connectivity index (χ3n) is 6.58. The quantitative estimate of drug-likeness (QED) is 0.253. The van der Waals surface area contributed by atoms with Crippen LogP contribution in [0.2, 0.25) is 0 Å². The standard InChI is InChI=1S/C33H27N3OS/c1-23-17-18-29-27(19-23)28(31(35-29)26-15-9-4-10-16-26)20-30-32(37)36(22-25-13-7-3-8-14-25)33(38-30)34-21-24-11-5-2-6-12-24/h2-20,37H,21-22H2,1H3. The molecule has 2 heterocycles. The Labute approximate surface area is 226 Å². The van der Waals surface area contributed by atoms with Gasteiger partial charge < -0.3 is 5.11 Å². The average Bonchev–Trinajstić information content (AvgIpc) is 3.46. The fraction of sp³-hybridized carbons (Fsp3) is 0.0909. The van der Waals surface area contributed by atoms with Crippen molar-refractivity contribution in [1.29, 1.82) is 0 Å². The van der Waals surface area contributed by atoms with Gasteiger partial charge in [-0.2, -0.15) is 0 Å². The van der Waals surface area contributed by atoms with Crippen LogP contribution >= 0.6 is 11.3 Å². The smallest absolute Gasteiger partial charge is 0.211 e.